The van der Waals surface area contributed by atoms with Crippen molar-refractivity contribution in [1.82, 2.24) is 24.6 Å². The lowest BCUT2D eigenvalue weighted by molar-refractivity contribution is -0.138. The van der Waals surface area contributed by atoms with Crippen LogP contribution in [0.3, 0.4) is 0 Å². The van der Waals surface area contributed by atoms with E-state index in [0.29, 0.717) is 31.2 Å². The summed E-state index contributed by atoms with van der Waals surface area (Å²) in [6.45, 7) is 3.90. The molecule has 3 heterocycles. The van der Waals surface area contributed by atoms with Crippen molar-refractivity contribution in [3.8, 4) is 0 Å². The molecule has 4 rings (SSSR count). The van der Waals surface area contributed by atoms with Gasteiger partial charge in [-0.25, -0.2) is 4.98 Å². The number of carbonyl (C=O) groups excluding carboxylic acids is 1. The first-order valence-electron chi connectivity index (χ1n) is 8.60. The molecule has 0 saturated carbocycles. The van der Waals surface area contributed by atoms with Gasteiger partial charge in [0.25, 0.3) is 0 Å². The number of aromatic amines is 1. The predicted octanol–water partition coefficient (Wildman–Crippen LogP) is 1.12. The SMILES string of the molecule is Cc1cccc2[nH]c(COCC(=O)N3CCn4nc(CO)cc4C3)nc12. The van der Waals surface area contributed by atoms with Crippen LogP contribution in [0.15, 0.2) is 24.3 Å². The van der Waals surface area contributed by atoms with Crippen molar-refractivity contribution in [3.63, 3.8) is 0 Å². The Hall–Kier alpha value is -2.71. The fourth-order valence-electron chi connectivity index (χ4n) is 3.24. The van der Waals surface area contributed by atoms with Crippen LogP contribution in [0.2, 0.25) is 0 Å². The van der Waals surface area contributed by atoms with Gasteiger partial charge in [-0.15, -0.1) is 0 Å². The van der Waals surface area contributed by atoms with Crippen molar-refractivity contribution in [2.24, 2.45) is 0 Å². The van der Waals surface area contributed by atoms with Crippen LogP contribution in [-0.2, 0) is 35.8 Å². The number of carbonyl (C=O) groups is 1. The summed E-state index contributed by atoms with van der Waals surface area (Å²) in [5.41, 5.74) is 4.57. The number of H-pyrrole nitrogens is 1. The molecule has 0 radical (unpaired) electrons. The molecule has 1 aliphatic rings. The quantitative estimate of drug-likeness (QED) is 0.715. The Labute approximate surface area is 150 Å². The molecule has 0 bridgehead atoms. The summed E-state index contributed by atoms with van der Waals surface area (Å²) in [6, 6.07) is 7.80. The summed E-state index contributed by atoms with van der Waals surface area (Å²) in [6.07, 6.45) is 0. The number of amides is 1. The molecule has 26 heavy (non-hydrogen) atoms. The number of imidazole rings is 1. The minimum Gasteiger partial charge on any atom is -0.390 e. The average Bonchev–Trinajstić information content (AvgIpc) is 3.25. The van der Waals surface area contributed by atoms with Crippen molar-refractivity contribution < 1.29 is 14.6 Å². The number of ether oxygens (including phenoxy) is 1. The number of aliphatic hydroxyl groups excluding tert-OH is 1. The summed E-state index contributed by atoms with van der Waals surface area (Å²) in [7, 11) is 0. The minimum atomic E-state index is -0.0893. The Bertz CT molecular complexity index is 946. The lowest BCUT2D eigenvalue weighted by Gasteiger charge is -2.27. The molecule has 3 aromatic rings. The highest BCUT2D eigenvalue weighted by Crippen LogP contribution is 2.16. The van der Waals surface area contributed by atoms with E-state index >= 15 is 0 Å². The van der Waals surface area contributed by atoms with Gasteiger partial charge < -0.3 is 19.7 Å². The number of benzene rings is 1. The summed E-state index contributed by atoms with van der Waals surface area (Å²) < 4.78 is 7.41. The number of nitrogens with zero attached hydrogens (tertiary/aromatic N) is 4. The second-order valence-corrected chi connectivity index (χ2v) is 6.47. The Morgan fingerprint density at radius 2 is 2.27 bits per heavy atom. The molecule has 0 unspecified atom stereocenters. The number of aryl methyl sites for hydroxylation is 1. The first-order chi connectivity index (χ1) is 12.6. The Morgan fingerprint density at radius 3 is 3.08 bits per heavy atom. The maximum absolute atomic E-state index is 12.4. The van der Waals surface area contributed by atoms with Crippen LogP contribution in [-0.4, -0.2) is 48.8 Å². The molecule has 0 spiro atoms. The first-order valence-corrected chi connectivity index (χ1v) is 8.60. The van der Waals surface area contributed by atoms with E-state index < -0.39 is 0 Å². The number of hydrogen-bond donors (Lipinski definition) is 2. The van der Waals surface area contributed by atoms with Crippen molar-refractivity contribution >= 4 is 16.9 Å². The van der Waals surface area contributed by atoms with Crippen LogP contribution in [0.5, 0.6) is 0 Å². The fourth-order valence-corrected chi connectivity index (χ4v) is 3.24. The summed E-state index contributed by atoms with van der Waals surface area (Å²) in [5.74, 6) is 0.654. The van der Waals surface area contributed by atoms with Crippen LogP contribution < -0.4 is 0 Å². The van der Waals surface area contributed by atoms with E-state index in [0.717, 1.165) is 22.3 Å². The van der Waals surface area contributed by atoms with Gasteiger partial charge in [-0.05, 0) is 24.6 Å². The van der Waals surface area contributed by atoms with Gasteiger partial charge in [-0.3, -0.25) is 9.48 Å². The molecule has 0 aliphatic carbocycles. The van der Waals surface area contributed by atoms with Crippen LogP contribution in [0.4, 0.5) is 0 Å². The maximum atomic E-state index is 12.4. The summed E-state index contributed by atoms with van der Waals surface area (Å²) >= 11 is 0. The van der Waals surface area contributed by atoms with Crippen molar-refractivity contribution in [2.45, 2.75) is 33.2 Å². The number of nitrogens with one attached hydrogen (secondary N) is 1. The molecule has 1 aliphatic heterocycles. The molecule has 8 nitrogen and oxygen atoms in total. The van der Waals surface area contributed by atoms with Crippen molar-refractivity contribution in [3.05, 3.63) is 47.0 Å². The summed E-state index contributed by atoms with van der Waals surface area (Å²) in [5, 5.41) is 13.4. The molecule has 136 valence electrons. The van der Waals surface area contributed by atoms with Gasteiger partial charge in [-0.1, -0.05) is 12.1 Å². The molecule has 0 atom stereocenters. The van der Waals surface area contributed by atoms with E-state index in [9.17, 15) is 9.90 Å². The van der Waals surface area contributed by atoms with Gasteiger partial charge in [0.1, 0.15) is 19.0 Å². The van der Waals surface area contributed by atoms with E-state index in [4.69, 9.17) is 4.74 Å². The molecule has 0 saturated heterocycles. The molecular formula is C18H21N5O3. The third-order valence-electron chi connectivity index (χ3n) is 4.59. The number of rotatable bonds is 5. The maximum Gasteiger partial charge on any atom is 0.249 e. The zero-order valence-corrected chi connectivity index (χ0v) is 14.6. The van der Waals surface area contributed by atoms with Gasteiger partial charge in [0.05, 0.1) is 42.1 Å². The van der Waals surface area contributed by atoms with Crippen molar-refractivity contribution in [2.75, 3.05) is 13.2 Å². The highest BCUT2D eigenvalue weighted by atomic mass is 16.5. The molecule has 2 aromatic heterocycles. The smallest absolute Gasteiger partial charge is 0.249 e. The van der Waals surface area contributed by atoms with Crippen LogP contribution >= 0.6 is 0 Å². The van der Waals surface area contributed by atoms with Gasteiger partial charge in [0.2, 0.25) is 5.91 Å². The highest BCUT2D eigenvalue weighted by Gasteiger charge is 2.22. The normalized spacial score (nSPS) is 14.0. The van der Waals surface area contributed by atoms with E-state index in [1.54, 1.807) is 4.90 Å². The Morgan fingerprint density at radius 1 is 1.38 bits per heavy atom. The molecule has 1 aromatic carbocycles. The fraction of sp³-hybridized carbons (Fsp3) is 0.389. The number of aliphatic hydroxyl groups is 1. The van der Waals surface area contributed by atoms with Crippen LogP contribution in [0.1, 0.15) is 22.8 Å². The Kier molecular flexibility index (Phi) is 4.44. The standard InChI is InChI=1S/C18H21N5O3/c1-12-3-2-4-15-18(12)20-16(19-15)10-26-11-17(25)22-5-6-23-14(8-22)7-13(9-24)21-23/h2-4,7,24H,5-6,8-11H2,1H3,(H,19,20). The van der Waals surface area contributed by atoms with Gasteiger partial charge in [0, 0.05) is 6.54 Å². The molecule has 2 N–H and O–H groups in total. The zero-order valence-electron chi connectivity index (χ0n) is 14.6. The second-order valence-electron chi connectivity index (χ2n) is 6.47. The number of aromatic nitrogens is 4. The number of fused-ring (bicyclic) bond motifs is 2. The van der Waals surface area contributed by atoms with E-state index in [1.165, 1.54) is 0 Å². The van der Waals surface area contributed by atoms with E-state index in [2.05, 4.69) is 15.1 Å². The largest absolute Gasteiger partial charge is 0.390 e. The second kappa shape index (κ2) is 6.89. The molecule has 8 heteroatoms. The van der Waals surface area contributed by atoms with Gasteiger partial charge >= 0.3 is 0 Å². The molecule has 1 amide bonds. The zero-order chi connectivity index (χ0) is 18.1. The third kappa shape index (κ3) is 3.21. The highest BCUT2D eigenvalue weighted by molar-refractivity contribution is 5.78. The van der Waals surface area contributed by atoms with E-state index in [1.807, 2.05) is 35.9 Å². The average molecular weight is 355 g/mol. The van der Waals surface area contributed by atoms with Gasteiger partial charge in [-0.2, -0.15) is 5.10 Å². The molecule has 0 fully saturated rings. The lowest BCUT2D eigenvalue weighted by atomic mass is 10.2. The minimum absolute atomic E-state index is 0.0109. The van der Waals surface area contributed by atoms with Crippen LogP contribution in [0, 0.1) is 6.92 Å². The molecular weight excluding hydrogens is 334 g/mol. The van der Waals surface area contributed by atoms with E-state index in [-0.39, 0.29) is 25.7 Å². The van der Waals surface area contributed by atoms with Gasteiger partial charge in [0.15, 0.2) is 0 Å². The third-order valence-corrected chi connectivity index (χ3v) is 4.59. The number of hydrogen-bond acceptors (Lipinski definition) is 5. The number of para-hydroxylation sites is 1. The first kappa shape index (κ1) is 16.7. The lowest BCUT2D eigenvalue weighted by Crippen LogP contribution is -2.40. The summed E-state index contributed by atoms with van der Waals surface area (Å²) in [4.78, 5) is 21.9. The van der Waals surface area contributed by atoms with Crippen LogP contribution in [0.25, 0.3) is 11.0 Å². The van der Waals surface area contributed by atoms with Crippen molar-refractivity contribution in [1.29, 1.82) is 0 Å². The monoisotopic (exact) mass is 355 g/mol. The predicted molar refractivity (Wildman–Crippen MR) is 94.1 cm³/mol. The Balaban J connectivity index is 1.33. The topological polar surface area (TPSA) is 96.3 Å².